The molecule has 1 saturated carbocycles. The highest BCUT2D eigenvalue weighted by atomic mass is 16.4. The first-order valence-electron chi connectivity index (χ1n) is 7.30. The summed E-state index contributed by atoms with van der Waals surface area (Å²) in [5.74, 6) is -1.52. The van der Waals surface area contributed by atoms with Crippen molar-refractivity contribution >= 4 is 11.9 Å². The quantitative estimate of drug-likeness (QED) is 0.821. The maximum absolute atomic E-state index is 12.0. The predicted molar refractivity (Wildman–Crippen MR) is 77.3 cm³/mol. The minimum absolute atomic E-state index is 0.142. The summed E-state index contributed by atoms with van der Waals surface area (Å²) in [5, 5.41) is 11.8. The summed E-state index contributed by atoms with van der Waals surface area (Å²) in [6.45, 7) is -0.142. The SMILES string of the molecule is O=C(Cn1cccc(C(=O)O)c1=O)NC1CCCCCC1. The average Bonchev–Trinajstić information content (AvgIpc) is 2.69. The van der Waals surface area contributed by atoms with Crippen LogP contribution in [0.15, 0.2) is 23.1 Å². The largest absolute Gasteiger partial charge is 0.477 e. The molecule has 1 aliphatic carbocycles. The standard InChI is InChI=1S/C15H20N2O4/c18-13(16-11-6-3-1-2-4-7-11)10-17-9-5-8-12(14(17)19)15(20)21/h5,8-9,11H,1-4,6-7,10H2,(H,16,18)(H,20,21). The summed E-state index contributed by atoms with van der Waals surface area (Å²) in [7, 11) is 0. The third kappa shape index (κ3) is 4.18. The molecule has 0 spiro atoms. The number of nitrogens with zero attached hydrogens (tertiary/aromatic N) is 1. The van der Waals surface area contributed by atoms with E-state index in [9.17, 15) is 14.4 Å². The monoisotopic (exact) mass is 292 g/mol. The van der Waals surface area contributed by atoms with Crippen LogP contribution in [0.5, 0.6) is 0 Å². The molecule has 1 fully saturated rings. The summed E-state index contributed by atoms with van der Waals surface area (Å²) >= 11 is 0. The van der Waals surface area contributed by atoms with E-state index in [1.807, 2.05) is 0 Å². The van der Waals surface area contributed by atoms with Crippen molar-refractivity contribution in [2.24, 2.45) is 0 Å². The van der Waals surface area contributed by atoms with Crippen LogP contribution < -0.4 is 10.9 Å². The van der Waals surface area contributed by atoms with Gasteiger partial charge in [-0.25, -0.2) is 4.79 Å². The topological polar surface area (TPSA) is 88.4 Å². The van der Waals surface area contributed by atoms with E-state index in [0.717, 1.165) is 30.3 Å². The van der Waals surface area contributed by atoms with Crippen molar-refractivity contribution in [3.8, 4) is 0 Å². The van der Waals surface area contributed by atoms with Crippen molar-refractivity contribution in [1.82, 2.24) is 9.88 Å². The van der Waals surface area contributed by atoms with Crippen molar-refractivity contribution in [3.63, 3.8) is 0 Å². The smallest absolute Gasteiger partial charge is 0.341 e. The van der Waals surface area contributed by atoms with E-state index in [1.165, 1.54) is 31.2 Å². The zero-order valence-corrected chi connectivity index (χ0v) is 11.9. The van der Waals surface area contributed by atoms with Gasteiger partial charge in [0.15, 0.2) is 0 Å². The lowest BCUT2D eigenvalue weighted by Gasteiger charge is -2.16. The molecular weight excluding hydrogens is 272 g/mol. The molecule has 1 aliphatic rings. The van der Waals surface area contributed by atoms with Crippen LogP contribution >= 0.6 is 0 Å². The Bertz CT molecular complexity index is 571. The maximum atomic E-state index is 12.0. The Morgan fingerprint density at radius 1 is 1.24 bits per heavy atom. The molecule has 0 unspecified atom stereocenters. The molecule has 0 atom stereocenters. The van der Waals surface area contributed by atoms with Crippen molar-refractivity contribution < 1.29 is 14.7 Å². The van der Waals surface area contributed by atoms with Gasteiger partial charge >= 0.3 is 5.97 Å². The van der Waals surface area contributed by atoms with Crippen LogP contribution in [0.2, 0.25) is 0 Å². The molecule has 0 aromatic carbocycles. The Kier molecular flexibility index (Phi) is 5.14. The van der Waals surface area contributed by atoms with E-state index in [2.05, 4.69) is 5.32 Å². The molecule has 1 heterocycles. The fraction of sp³-hybridized carbons (Fsp3) is 0.533. The van der Waals surface area contributed by atoms with E-state index in [-0.39, 0.29) is 24.1 Å². The Labute approximate surface area is 122 Å². The molecule has 114 valence electrons. The minimum Gasteiger partial charge on any atom is -0.477 e. The summed E-state index contributed by atoms with van der Waals surface area (Å²) in [6.07, 6.45) is 7.99. The lowest BCUT2D eigenvalue weighted by molar-refractivity contribution is -0.122. The van der Waals surface area contributed by atoms with Crippen LogP contribution in [0, 0.1) is 0 Å². The highest BCUT2D eigenvalue weighted by Gasteiger charge is 2.16. The van der Waals surface area contributed by atoms with Gasteiger partial charge in [0.1, 0.15) is 12.1 Å². The lowest BCUT2D eigenvalue weighted by Crippen LogP contribution is -2.39. The molecule has 0 saturated heterocycles. The third-order valence-electron chi connectivity index (χ3n) is 3.78. The zero-order chi connectivity index (χ0) is 15.2. The number of hydrogen-bond donors (Lipinski definition) is 2. The van der Waals surface area contributed by atoms with Crippen LogP contribution in [-0.4, -0.2) is 27.6 Å². The first kappa shape index (κ1) is 15.3. The molecule has 0 bridgehead atoms. The van der Waals surface area contributed by atoms with Crippen LogP contribution in [-0.2, 0) is 11.3 Å². The molecule has 0 aliphatic heterocycles. The molecule has 6 heteroatoms. The van der Waals surface area contributed by atoms with Gasteiger partial charge in [-0.3, -0.25) is 9.59 Å². The van der Waals surface area contributed by atoms with Gasteiger partial charge in [0.2, 0.25) is 5.91 Å². The van der Waals surface area contributed by atoms with Gasteiger partial charge in [-0.2, -0.15) is 0 Å². The molecule has 6 nitrogen and oxygen atoms in total. The number of carbonyl (C=O) groups excluding carboxylic acids is 1. The number of carboxylic acids is 1. The Morgan fingerprint density at radius 2 is 1.90 bits per heavy atom. The van der Waals surface area contributed by atoms with Gasteiger partial charge in [-0.05, 0) is 25.0 Å². The molecule has 21 heavy (non-hydrogen) atoms. The number of amides is 1. The molecular formula is C15H20N2O4. The predicted octanol–water partition coefficient (Wildman–Crippen LogP) is 1.39. The van der Waals surface area contributed by atoms with E-state index < -0.39 is 11.5 Å². The summed E-state index contributed by atoms with van der Waals surface area (Å²) in [6, 6.07) is 2.87. The van der Waals surface area contributed by atoms with E-state index in [4.69, 9.17) is 5.11 Å². The van der Waals surface area contributed by atoms with Gasteiger partial charge in [-0.15, -0.1) is 0 Å². The number of hydrogen-bond acceptors (Lipinski definition) is 3. The van der Waals surface area contributed by atoms with Crippen LogP contribution in [0.3, 0.4) is 0 Å². The normalized spacial score (nSPS) is 16.2. The summed E-state index contributed by atoms with van der Waals surface area (Å²) in [4.78, 5) is 34.8. The zero-order valence-electron chi connectivity index (χ0n) is 11.9. The Morgan fingerprint density at radius 3 is 2.52 bits per heavy atom. The number of nitrogens with one attached hydrogen (secondary N) is 1. The highest BCUT2D eigenvalue weighted by Crippen LogP contribution is 2.17. The van der Waals surface area contributed by atoms with Crippen molar-refractivity contribution in [1.29, 1.82) is 0 Å². The van der Waals surface area contributed by atoms with E-state index >= 15 is 0 Å². The fourth-order valence-electron chi connectivity index (χ4n) is 2.68. The Hall–Kier alpha value is -2.11. The Balaban J connectivity index is 2.01. The number of pyridine rings is 1. The second-order valence-corrected chi connectivity index (χ2v) is 5.42. The number of rotatable bonds is 4. The molecule has 2 rings (SSSR count). The highest BCUT2D eigenvalue weighted by molar-refractivity contribution is 5.87. The number of carboxylic acid groups (broad SMARTS) is 1. The molecule has 1 amide bonds. The van der Waals surface area contributed by atoms with Crippen molar-refractivity contribution in [2.75, 3.05) is 0 Å². The van der Waals surface area contributed by atoms with Crippen LogP contribution in [0.1, 0.15) is 48.9 Å². The maximum Gasteiger partial charge on any atom is 0.341 e. The molecule has 1 aromatic heterocycles. The van der Waals surface area contributed by atoms with Gasteiger partial charge in [-0.1, -0.05) is 25.7 Å². The number of aromatic nitrogens is 1. The van der Waals surface area contributed by atoms with Crippen LogP contribution in [0.4, 0.5) is 0 Å². The van der Waals surface area contributed by atoms with Gasteiger partial charge in [0.05, 0.1) is 0 Å². The first-order valence-corrected chi connectivity index (χ1v) is 7.30. The molecule has 0 radical (unpaired) electrons. The van der Waals surface area contributed by atoms with Gasteiger partial charge in [0, 0.05) is 12.2 Å². The molecule has 1 aromatic rings. The van der Waals surface area contributed by atoms with Crippen molar-refractivity contribution in [2.45, 2.75) is 51.1 Å². The lowest BCUT2D eigenvalue weighted by atomic mass is 10.1. The van der Waals surface area contributed by atoms with Crippen molar-refractivity contribution in [3.05, 3.63) is 34.2 Å². The van der Waals surface area contributed by atoms with Gasteiger partial charge < -0.3 is 15.0 Å². The first-order chi connectivity index (χ1) is 10.1. The second-order valence-electron chi connectivity index (χ2n) is 5.42. The average molecular weight is 292 g/mol. The van der Waals surface area contributed by atoms with E-state index in [0.29, 0.717) is 0 Å². The summed E-state index contributed by atoms with van der Waals surface area (Å²) < 4.78 is 1.13. The summed E-state index contributed by atoms with van der Waals surface area (Å²) in [5.41, 5.74) is -0.971. The van der Waals surface area contributed by atoms with E-state index in [1.54, 1.807) is 0 Å². The molecule has 2 N–H and O–H groups in total. The number of carbonyl (C=O) groups is 2. The fourth-order valence-corrected chi connectivity index (χ4v) is 2.68. The van der Waals surface area contributed by atoms with Crippen LogP contribution in [0.25, 0.3) is 0 Å². The second kappa shape index (κ2) is 7.06. The minimum atomic E-state index is -1.28. The third-order valence-corrected chi connectivity index (χ3v) is 3.78. The van der Waals surface area contributed by atoms with Gasteiger partial charge in [0.25, 0.3) is 5.56 Å². The number of aromatic carboxylic acids is 1.